The largest absolute Gasteiger partial charge is 0.399 e. The number of amides is 2. The molecule has 6 N–H and O–H groups in total. The molecule has 0 spiro atoms. The maximum Gasteiger partial charge on any atom is 0.326 e. The van der Waals surface area contributed by atoms with Crippen LogP contribution < -0.4 is 22.1 Å². The summed E-state index contributed by atoms with van der Waals surface area (Å²) < 4.78 is 0. The molecule has 26 heavy (non-hydrogen) atoms. The molecule has 0 fully saturated rings. The molecule has 0 unspecified atom stereocenters. The van der Waals surface area contributed by atoms with Gasteiger partial charge in [-0.3, -0.25) is 10.6 Å². The van der Waals surface area contributed by atoms with Crippen molar-refractivity contribution < 1.29 is 4.79 Å². The van der Waals surface area contributed by atoms with Crippen molar-refractivity contribution in [3.8, 4) is 0 Å². The third-order valence-corrected chi connectivity index (χ3v) is 3.91. The first-order valence-corrected chi connectivity index (χ1v) is 7.97. The number of aromatic nitrogens is 2. The van der Waals surface area contributed by atoms with Crippen LogP contribution in [-0.2, 0) is 0 Å². The van der Waals surface area contributed by atoms with E-state index in [4.69, 9.17) is 11.5 Å². The molecule has 4 aromatic rings. The van der Waals surface area contributed by atoms with Gasteiger partial charge in [-0.05, 0) is 60.7 Å². The third-order valence-electron chi connectivity index (χ3n) is 3.91. The van der Waals surface area contributed by atoms with E-state index in [-0.39, 0.29) is 0 Å². The zero-order chi connectivity index (χ0) is 18.1. The molecular weight excluding hydrogens is 328 g/mol. The van der Waals surface area contributed by atoms with E-state index in [2.05, 4.69) is 20.6 Å². The van der Waals surface area contributed by atoms with Crippen molar-refractivity contribution in [1.29, 1.82) is 0 Å². The zero-order valence-electron chi connectivity index (χ0n) is 13.7. The van der Waals surface area contributed by atoms with Gasteiger partial charge in [0.25, 0.3) is 0 Å². The van der Waals surface area contributed by atoms with Gasteiger partial charge in [0.2, 0.25) is 0 Å². The lowest BCUT2D eigenvalue weighted by Gasteiger charge is -2.08. The first kappa shape index (κ1) is 15.6. The Morgan fingerprint density at radius 1 is 0.692 bits per heavy atom. The van der Waals surface area contributed by atoms with Crippen molar-refractivity contribution in [1.82, 2.24) is 9.97 Å². The molecule has 2 aromatic carbocycles. The number of fused-ring (bicyclic) bond motifs is 2. The van der Waals surface area contributed by atoms with Crippen LogP contribution in [0.2, 0.25) is 0 Å². The molecule has 2 heterocycles. The third kappa shape index (κ3) is 3.18. The molecule has 7 heteroatoms. The van der Waals surface area contributed by atoms with E-state index in [0.29, 0.717) is 23.0 Å². The number of anilines is 4. The van der Waals surface area contributed by atoms with Crippen LogP contribution >= 0.6 is 0 Å². The highest BCUT2D eigenvalue weighted by Crippen LogP contribution is 2.19. The van der Waals surface area contributed by atoms with Crippen LogP contribution in [0.15, 0.2) is 60.7 Å². The van der Waals surface area contributed by atoms with Crippen molar-refractivity contribution in [3.63, 3.8) is 0 Å². The molecule has 0 radical (unpaired) electrons. The normalized spacial score (nSPS) is 10.8. The highest BCUT2D eigenvalue weighted by atomic mass is 16.2. The van der Waals surface area contributed by atoms with Gasteiger partial charge in [-0.25, -0.2) is 14.8 Å². The molecule has 2 aromatic heterocycles. The SMILES string of the molecule is Nc1ccc2nc(NC(=O)Nc3ccc4cc(N)ccc4n3)ccc2c1. The van der Waals surface area contributed by atoms with Crippen LogP contribution in [0.1, 0.15) is 0 Å². The van der Waals surface area contributed by atoms with Gasteiger partial charge in [0.15, 0.2) is 0 Å². The van der Waals surface area contributed by atoms with Gasteiger partial charge >= 0.3 is 6.03 Å². The summed E-state index contributed by atoms with van der Waals surface area (Å²) in [6.07, 6.45) is 0. The quantitative estimate of drug-likeness (QED) is 0.414. The van der Waals surface area contributed by atoms with Gasteiger partial charge in [0, 0.05) is 22.1 Å². The minimum absolute atomic E-state index is 0.422. The first-order valence-electron chi connectivity index (χ1n) is 7.97. The summed E-state index contributed by atoms with van der Waals surface area (Å²) in [5, 5.41) is 7.22. The summed E-state index contributed by atoms with van der Waals surface area (Å²) in [6.45, 7) is 0. The summed E-state index contributed by atoms with van der Waals surface area (Å²) in [5.74, 6) is 0.877. The molecule has 0 aliphatic heterocycles. The molecule has 0 atom stereocenters. The predicted molar refractivity (Wildman–Crippen MR) is 105 cm³/mol. The minimum Gasteiger partial charge on any atom is -0.399 e. The lowest BCUT2D eigenvalue weighted by Crippen LogP contribution is -2.20. The molecule has 2 amide bonds. The molecule has 0 aliphatic carbocycles. The highest BCUT2D eigenvalue weighted by Gasteiger charge is 2.07. The molecule has 0 bridgehead atoms. The van der Waals surface area contributed by atoms with E-state index in [1.54, 1.807) is 24.3 Å². The molecular formula is C19H16N6O. The van der Waals surface area contributed by atoms with Gasteiger partial charge in [-0.2, -0.15) is 0 Å². The zero-order valence-corrected chi connectivity index (χ0v) is 13.7. The maximum atomic E-state index is 12.2. The lowest BCUT2D eigenvalue weighted by atomic mass is 10.2. The van der Waals surface area contributed by atoms with Crippen LogP contribution in [0, 0.1) is 0 Å². The molecule has 7 nitrogen and oxygen atoms in total. The van der Waals surface area contributed by atoms with Crippen LogP contribution in [0.3, 0.4) is 0 Å². The number of pyridine rings is 2. The number of urea groups is 1. The molecule has 4 rings (SSSR count). The van der Waals surface area contributed by atoms with Crippen molar-refractivity contribution in [2.75, 3.05) is 22.1 Å². The average molecular weight is 344 g/mol. The van der Waals surface area contributed by atoms with Gasteiger partial charge in [-0.1, -0.05) is 0 Å². The van der Waals surface area contributed by atoms with Crippen molar-refractivity contribution >= 4 is 50.8 Å². The Bertz CT molecular complexity index is 1050. The van der Waals surface area contributed by atoms with Crippen LogP contribution in [-0.4, -0.2) is 16.0 Å². The monoisotopic (exact) mass is 344 g/mol. The van der Waals surface area contributed by atoms with E-state index < -0.39 is 6.03 Å². The number of rotatable bonds is 2. The number of benzene rings is 2. The summed E-state index contributed by atoms with van der Waals surface area (Å²) >= 11 is 0. The predicted octanol–water partition coefficient (Wildman–Crippen LogP) is 3.59. The fraction of sp³-hybridized carbons (Fsp3) is 0. The fourth-order valence-electron chi connectivity index (χ4n) is 2.69. The van der Waals surface area contributed by atoms with Crippen molar-refractivity contribution in [2.45, 2.75) is 0 Å². The van der Waals surface area contributed by atoms with Gasteiger partial charge in [-0.15, -0.1) is 0 Å². The second kappa shape index (κ2) is 6.21. The molecule has 0 saturated heterocycles. The first-order chi connectivity index (χ1) is 12.6. The second-order valence-corrected chi connectivity index (χ2v) is 5.88. The number of nitrogens with one attached hydrogen (secondary N) is 2. The number of nitrogens with two attached hydrogens (primary N) is 2. The fourth-order valence-corrected chi connectivity index (χ4v) is 2.69. The smallest absolute Gasteiger partial charge is 0.326 e. The van der Waals surface area contributed by atoms with Crippen molar-refractivity contribution in [2.24, 2.45) is 0 Å². The minimum atomic E-state index is -0.422. The Morgan fingerprint density at radius 3 is 1.62 bits per heavy atom. The van der Waals surface area contributed by atoms with E-state index in [0.717, 1.165) is 21.8 Å². The number of nitrogen functional groups attached to an aromatic ring is 2. The Kier molecular flexibility index (Phi) is 3.74. The maximum absolute atomic E-state index is 12.2. The number of nitrogens with zero attached hydrogens (tertiary/aromatic N) is 2. The topological polar surface area (TPSA) is 119 Å². The van der Waals surface area contributed by atoms with Crippen LogP contribution in [0.5, 0.6) is 0 Å². The van der Waals surface area contributed by atoms with Crippen LogP contribution in [0.4, 0.5) is 27.8 Å². The summed E-state index contributed by atoms with van der Waals surface area (Å²) in [4.78, 5) is 21.0. The van der Waals surface area contributed by atoms with E-state index in [1.165, 1.54) is 0 Å². The standard InChI is InChI=1S/C19H16N6O/c20-13-3-5-15-11(9-13)1-7-17(22-15)24-19(26)25-18-8-2-12-10-14(21)4-6-16(12)23-18/h1-10H,20-21H2,(H2,22,23,24,25,26). The molecule has 0 aliphatic rings. The Balaban J connectivity index is 1.51. The average Bonchev–Trinajstić information content (AvgIpc) is 2.62. The number of carbonyl (C=O) groups is 1. The molecule has 0 saturated carbocycles. The van der Waals surface area contributed by atoms with Gasteiger partial charge in [0.1, 0.15) is 11.6 Å². The Hall–Kier alpha value is -3.87. The summed E-state index contributed by atoms with van der Waals surface area (Å²) in [6, 6.07) is 17.5. The lowest BCUT2D eigenvalue weighted by molar-refractivity contribution is 0.262. The Labute approximate surface area is 149 Å². The second-order valence-electron chi connectivity index (χ2n) is 5.88. The van der Waals surface area contributed by atoms with Gasteiger partial charge < -0.3 is 11.5 Å². The molecule has 128 valence electrons. The highest BCUT2D eigenvalue weighted by molar-refractivity contribution is 6.00. The van der Waals surface area contributed by atoms with Crippen molar-refractivity contribution in [3.05, 3.63) is 60.7 Å². The van der Waals surface area contributed by atoms with E-state index in [9.17, 15) is 4.79 Å². The number of hydrogen-bond donors (Lipinski definition) is 4. The summed E-state index contributed by atoms with van der Waals surface area (Å²) in [7, 11) is 0. The number of carbonyl (C=O) groups excluding carboxylic acids is 1. The van der Waals surface area contributed by atoms with E-state index >= 15 is 0 Å². The van der Waals surface area contributed by atoms with Gasteiger partial charge in [0.05, 0.1) is 11.0 Å². The van der Waals surface area contributed by atoms with Crippen LogP contribution in [0.25, 0.3) is 21.8 Å². The van der Waals surface area contributed by atoms with E-state index in [1.807, 2.05) is 36.4 Å². The Morgan fingerprint density at radius 2 is 1.15 bits per heavy atom. The number of hydrogen-bond acceptors (Lipinski definition) is 5. The summed E-state index contributed by atoms with van der Waals surface area (Å²) in [5.41, 5.74) is 14.3.